The molecule has 0 spiro atoms. The van der Waals surface area contributed by atoms with Crippen LogP contribution in [0.4, 0.5) is 11.4 Å². The molecule has 43 heavy (non-hydrogen) atoms. The fourth-order valence-electron chi connectivity index (χ4n) is 5.68. The first-order valence-corrected chi connectivity index (χ1v) is 15.3. The molecule has 0 radical (unpaired) electrons. The fraction of sp³-hybridized carbons (Fsp3) is 0.152. The van der Waals surface area contributed by atoms with Crippen LogP contribution in [0.25, 0.3) is 5.69 Å². The molecule has 0 unspecified atom stereocenters. The number of thiocarbonyl (C=S) groups is 1. The SMILES string of the molecule is Cc1ccc(Cl)cc1-n1c(C)cc([C@@H]2[C@H](c3ccccn3)NC(=S)N2c2ccc(Sc3ccc([N+](=O)[O-])cc3)cc2)c1C. The van der Waals surface area contributed by atoms with Crippen molar-refractivity contribution in [2.45, 2.75) is 42.6 Å². The quantitative estimate of drug-likeness (QED) is 0.110. The van der Waals surface area contributed by atoms with E-state index in [0.717, 1.165) is 49.4 Å². The molecule has 1 aliphatic rings. The Morgan fingerprint density at radius 2 is 1.65 bits per heavy atom. The normalized spacial score (nSPS) is 16.4. The van der Waals surface area contributed by atoms with Crippen LogP contribution in [0.15, 0.2) is 107 Å². The Balaban J connectivity index is 1.39. The van der Waals surface area contributed by atoms with Gasteiger partial charge in [0.1, 0.15) is 0 Å². The summed E-state index contributed by atoms with van der Waals surface area (Å²) in [6.07, 6.45) is 1.81. The largest absolute Gasteiger partial charge is 0.351 e. The van der Waals surface area contributed by atoms with Crippen LogP contribution in [0.2, 0.25) is 5.02 Å². The van der Waals surface area contributed by atoms with E-state index in [9.17, 15) is 10.1 Å². The monoisotopic (exact) mass is 625 g/mol. The van der Waals surface area contributed by atoms with E-state index in [1.54, 1.807) is 23.9 Å². The lowest BCUT2D eigenvalue weighted by Gasteiger charge is -2.28. The molecule has 0 aliphatic carbocycles. The van der Waals surface area contributed by atoms with Crippen LogP contribution in [-0.4, -0.2) is 19.6 Å². The van der Waals surface area contributed by atoms with E-state index in [-0.39, 0.29) is 17.8 Å². The average molecular weight is 626 g/mol. The van der Waals surface area contributed by atoms with Gasteiger partial charge in [-0.15, -0.1) is 0 Å². The van der Waals surface area contributed by atoms with Crippen molar-refractivity contribution in [3.8, 4) is 5.69 Å². The summed E-state index contributed by atoms with van der Waals surface area (Å²) in [5.74, 6) is 0. The van der Waals surface area contributed by atoms with Crippen LogP contribution in [0.3, 0.4) is 0 Å². The van der Waals surface area contributed by atoms with Crippen LogP contribution in [-0.2, 0) is 0 Å². The van der Waals surface area contributed by atoms with Gasteiger partial charge in [0.15, 0.2) is 5.11 Å². The predicted octanol–water partition coefficient (Wildman–Crippen LogP) is 8.69. The van der Waals surface area contributed by atoms with Gasteiger partial charge in [-0.2, -0.15) is 0 Å². The molecule has 1 aliphatic heterocycles. The number of rotatable bonds is 7. The van der Waals surface area contributed by atoms with Crippen molar-refractivity contribution in [2.24, 2.45) is 0 Å². The van der Waals surface area contributed by atoms with Gasteiger partial charge >= 0.3 is 0 Å². The minimum Gasteiger partial charge on any atom is -0.351 e. The highest BCUT2D eigenvalue weighted by Gasteiger charge is 2.42. The summed E-state index contributed by atoms with van der Waals surface area (Å²) in [7, 11) is 0. The van der Waals surface area contributed by atoms with Crippen molar-refractivity contribution in [1.29, 1.82) is 0 Å². The number of nitro groups is 1. The second-order valence-electron chi connectivity index (χ2n) is 10.4. The number of anilines is 1. The summed E-state index contributed by atoms with van der Waals surface area (Å²) in [4.78, 5) is 19.4. The number of halogens is 1. The molecule has 1 fully saturated rings. The second kappa shape index (κ2) is 11.8. The number of aromatic nitrogens is 2. The Morgan fingerprint density at radius 1 is 0.953 bits per heavy atom. The van der Waals surface area contributed by atoms with Crippen LogP contribution in [0, 0.1) is 30.9 Å². The first kappa shape index (κ1) is 28.9. The lowest BCUT2D eigenvalue weighted by Crippen LogP contribution is -2.29. The molecule has 10 heteroatoms. The van der Waals surface area contributed by atoms with E-state index in [2.05, 4.69) is 53.8 Å². The summed E-state index contributed by atoms with van der Waals surface area (Å²) in [6, 6.07) is 28.6. The summed E-state index contributed by atoms with van der Waals surface area (Å²) in [5.41, 5.74) is 7.48. The van der Waals surface area contributed by atoms with E-state index in [1.807, 2.05) is 54.7 Å². The van der Waals surface area contributed by atoms with Gasteiger partial charge in [-0.1, -0.05) is 35.5 Å². The minimum absolute atomic E-state index is 0.0770. The highest BCUT2D eigenvalue weighted by molar-refractivity contribution is 7.99. The zero-order chi connectivity index (χ0) is 30.2. The molecular formula is C33H28ClN5O2S2. The number of hydrogen-bond acceptors (Lipinski definition) is 5. The van der Waals surface area contributed by atoms with Crippen molar-refractivity contribution < 1.29 is 4.92 Å². The Bertz CT molecular complexity index is 1830. The number of non-ortho nitro benzene ring substituents is 1. The maximum absolute atomic E-state index is 11.0. The molecule has 7 nitrogen and oxygen atoms in total. The van der Waals surface area contributed by atoms with Crippen LogP contribution >= 0.6 is 35.6 Å². The van der Waals surface area contributed by atoms with Gasteiger partial charge < -0.3 is 14.8 Å². The van der Waals surface area contributed by atoms with Gasteiger partial charge in [-0.3, -0.25) is 15.1 Å². The molecule has 0 saturated carbocycles. The Kier molecular flexibility index (Phi) is 7.96. The highest BCUT2D eigenvalue weighted by atomic mass is 35.5. The third-order valence-electron chi connectivity index (χ3n) is 7.70. The minimum atomic E-state index is -0.390. The zero-order valence-electron chi connectivity index (χ0n) is 23.7. The second-order valence-corrected chi connectivity index (χ2v) is 12.4. The maximum Gasteiger partial charge on any atom is 0.269 e. The van der Waals surface area contributed by atoms with Gasteiger partial charge in [0.05, 0.1) is 22.7 Å². The van der Waals surface area contributed by atoms with Crippen molar-refractivity contribution >= 4 is 52.1 Å². The molecule has 1 saturated heterocycles. The standard InChI is InChI=1S/C33H28ClN5O2S2/c1-20-7-8-23(34)19-30(20)37-21(2)18-28(22(37)3)32-31(29-6-4-5-17-35-29)36-33(42)38(32)24-9-13-26(14-10-24)43-27-15-11-25(12-16-27)39(40)41/h4-19,31-32H,1-3H3,(H,36,42)/t31-,32+/m0/s1. The van der Waals surface area contributed by atoms with E-state index >= 15 is 0 Å². The maximum atomic E-state index is 11.0. The lowest BCUT2D eigenvalue weighted by molar-refractivity contribution is -0.384. The zero-order valence-corrected chi connectivity index (χ0v) is 26.1. The first-order chi connectivity index (χ1) is 20.7. The summed E-state index contributed by atoms with van der Waals surface area (Å²) >= 11 is 13.9. The summed E-state index contributed by atoms with van der Waals surface area (Å²) in [6.45, 7) is 6.35. The predicted molar refractivity (Wildman–Crippen MR) is 177 cm³/mol. The third-order valence-corrected chi connectivity index (χ3v) is 9.26. The first-order valence-electron chi connectivity index (χ1n) is 13.7. The third kappa shape index (κ3) is 5.63. The van der Waals surface area contributed by atoms with Crippen molar-refractivity contribution in [1.82, 2.24) is 14.9 Å². The van der Waals surface area contributed by atoms with Crippen molar-refractivity contribution in [3.05, 3.63) is 141 Å². The molecule has 3 heterocycles. The Hall–Kier alpha value is -4.18. The topological polar surface area (TPSA) is 76.2 Å². The lowest BCUT2D eigenvalue weighted by atomic mass is 9.96. The molecule has 5 aromatic rings. The van der Waals surface area contributed by atoms with Crippen molar-refractivity contribution in [2.75, 3.05) is 4.90 Å². The van der Waals surface area contributed by atoms with E-state index < -0.39 is 4.92 Å². The average Bonchev–Trinajstić information content (AvgIpc) is 3.50. The smallest absolute Gasteiger partial charge is 0.269 e. The molecule has 3 aromatic carbocycles. The number of nitro benzene ring substituents is 1. The van der Waals surface area contributed by atoms with E-state index in [4.69, 9.17) is 28.8 Å². The molecule has 0 bridgehead atoms. The molecule has 2 atom stereocenters. The number of pyridine rings is 1. The highest BCUT2D eigenvalue weighted by Crippen LogP contribution is 2.44. The fourth-order valence-corrected chi connectivity index (χ4v) is 7.01. The van der Waals surface area contributed by atoms with Gasteiger partial charge in [-0.05, 0) is 111 Å². The number of hydrogen-bond donors (Lipinski definition) is 1. The number of aryl methyl sites for hydroxylation is 2. The molecule has 0 amide bonds. The van der Waals surface area contributed by atoms with Crippen LogP contribution < -0.4 is 10.2 Å². The van der Waals surface area contributed by atoms with E-state index in [0.29, 0.717) is 10.1 Å². The molecular weight excluding hydrogens is 598 g/mol. The molecule has 216 valence electrons. The number of nitrogens with zero attached hydrogens (tertiary/aromatic N) is 4. The summed E-state index contributed by atoms with van der Waals surface area (Å²) in [5, 5.41) is 15.9. The molecule has 2 aromatic heterocycles. The summed E-state index contributed by atoms with van der Waals surface area (Å²) < 4.78 is 2.26. The van der Waals surface area contributed by atoms with E-state index in [1.165, 1.54) is 12.1 Å². The Labute approximate surface area is 264 Å². The van der Waals surface area contributed by atoms with Gasteiger partial charge in [0, 0.05) is 55.9 Å². The van der Waals surface area contributed by atoms with Crippen molar-refractivity contribution in [3.63, 3.8) is 0 Å². The number of benzene rings is 3. The van der Waals surface area contributed by atoms with Crippen LogP contribution in [0.1, 0.15) is 40.3 Å². The molecule has 1 N–H and O–H groups in total. The van der Waals surface area contributed by atoms with Crippen LogP contribution in [0.5, 0.6) is 0 Å². The van der Waals surface area contributed by atoms with Gasteiger partial charge in [-0.25, -0.2) is 0 Å². The van der Waals surface area contributed by atoms with Gasteiger partial charge in [0.25, 0.3) is 5.69 Å². The van der Waals surface area contributed by atoms with Gasteiger partial charge in [0.2, 0.25) is 0 Å². The number of nitrogens with one attached hydrogen (secondary N) is 1. The molecule has 6 rings (SSSR count). The Morgan fingerprint density at radius 3 is 2.30 bits per heavy atom.